The normalized spacial score (nSPS) is 14.4. The number of rotatable bonds is 7. The summed E-state index contributed by atoms with van der Waals surface area (Å²) in [5.41, 5.74) is 1.96. The number of hydrogen-bond donors (Lipinski definition) is 0. The van der Waals surface area contributed by atoms with Crippen molar-refractivity contribution in [1.82, 2.24) is 0 Å². The fourth-order valence-corrected chi connectivity index (χ4v) is 4.18. The third-order valence-corrected chi connectivity index (χ3v) is 6.45. The van der Waals surface area contributed by atoms with Gasteiger partial charge in [0.05, 0.1) is 21.7 Å². The van der Waals surface area contributed by atoms with Gasteiger partial charge in [-0.1, -0.05) is 40.9 Å². The number of aryl methyl sites for hydroxylation is 1. The van der Waals surface area contributed by atoms with Crippen LogP contribution in [0.4, 0.5) is 0 Å². The zero-order chi connectivity index (χ0) is 23.5. The number of halogens is 3. The molecule has 5 nitrogen and oxygen atoms in total. The molecule has 1 aliphatic rings. The van der Waals surface area contributed by atoms with Gasteiger partial charge in [-0.3, -0.25) is 4.79 Å². The molecular weight excluding hydrogens is 510 g/mol. The van der Waals surface area contributed by atoms with Crippen LogP contribution >= 0.6 is 34.8 Å². The average Bonchev–Trinajstić information content (AvgIpc) is 2.80. The van der Waals surface area contributed by atoms with Crippen LogP contribution in [0, 0.1) is 0 Å². The van der Waals surface area contributed by atoms with E-state index in [1.54, 1.807) is 42.5 Å². The Kier molecular flexibility index (Phi) is 9.33. The molecule has 0 aliphatic carbocycles. The van der Waals surface area contributed by atoms with E-state index in [1.807, 2.05) is 6.07 Å². The molecule has 0 spiro atoms. The second kappa shape index (κ2) is 11.8. The van der Waals surface area contributed by atoms with Crippen LogP contribution in [0.3, 0.4) is 0 Å². The van der Waals surface area contributed by atoms with Crippen molar-refractivity contribution in [3.8, 4) is 17.2 Å². The molecule has 0 amide bonds. The topological polar surface area (TPSA) is 75.7 Å². The quantitative estimate of drug-likeness (QED) is 0.349. The van der Waals surface area contributed by atoms with Gasteiger partial charge in [0, 0.05) is 35.5 Å². The zero-order valence-electron chi connectivity index (χ0n) is 18.3. The first-order chi connectivity index (χ1) is 15.8. The van der Waals surface area contributed by atoms with Gasteiger partial charge in [-0.25, -0.2) is 0 Å². The van der Waals surface area contributed by atoms with Gasteiger partial charge in [-0.05, 0) is 60.9 Å². The molecule has 1 aliphatic heterocycles. The molecule has 0 saturated carbocycles. The summed E-state index contributed by atoms with van der Waals surface area (Å²) in [4.78, 5) is 23.9. The number of carboxylic acid groups (broad SMARTS) is 1. The van der Waals surface area contributed by atoms with Crippen molar-refractivity contribution >= 4 is 46.6 Å². The number of ketones is 1. The summed E-state index contributed by atoms with van der Waals surface area (Å²) >= 11 is 18.3. The maximum absolute atomic E-state index is 12.5. The fourth-order valence-electron chi connectivity index (χ4n) is 3.65. The minimum Gasteiger partial charge on any atom is -0.549 e. The van der Waals surface area contributed by atoms with E-state index < -0.39 is 11.9 Å². The molecule has 34 heavy (non-hydrogen) atoms. The van der Waals surface area contributed by atoms with Gasteiger partial charge >= 0.3 is 29.6 Å². The average molecular weight is 528 g/mol. The fraction of sp³-hybridized carbons (Fsp3) is 0.200. The minimum absolute atomic E-state index is 0. The van der Waals surface area contributed by atoms with E-state index in [9.17, 15) is 14.7 Å². The van der Waals surface area contributed by atoms with Crippen molar-refractivity contribution in [3.05, 3.63) is 86.4 Å². The van der Waals surface area contributed by atoms with Crippen LogP contribution in [0.25, 0.3) is 0 Å². The summed E-state index contributed by atoms with van der Waals surface area (Å²) < 4.78 is 11.4. The summed E-state index contributed by atoms with van der Waals surface area (Å²) in [6, 6.07) is 15.1. The predicted octanol–water partition coefficient (Wildman–Crippen LogP) is 2.87. The van der Waals surface area contributed by atoms with Crippen molar-refractivity contribution in [1.29, 1.82) is 0 Å². The van der Waals surface area contributed by atoms with Gasteiger partial charge in [0.1, 0.15) is 17.2 Å². The summed E-state index contributed by atoms with van der Waals surface area (Å²) in [5, 5.41) is 12.6. The van der Waals surface area contributed by atoms with Crippen LogP contribution in [-0.4, -0.2) is 18.4 Å². The number of carbonyl (C=O) groups is 2. The Balaban J connectivity index is 0.00000324. The molecule has 1 unspecified atom stereocenters. The molecule has 3 aromatic carbocycles. The molecule has 0 bridgehead atoms. The Morgan fingerprint density at radius 2 is 1.71 bits per heavy atom. The number of hydrogen-bond acceptors (Lipinski definition) is 5. The standard InChI is InChI=1S/C25H19Cl3O5.Na/c26-19-7-1-14(11-20(19)27)2-8-22(29)15-3-5-16(6-4-15)33-24-13-23-18(12-21(24)28)17(25(30)31)9-10-32-23;/h1,3-7,11-13,17H,2,8-10H2,(H,30,31);/q;+1/p-1. The van der Waals surface area contributed by atoms with Crippen LogP contribution < -0.4 is 44.1 Å². The molecule has 0 saturated heterocycles. The first kappa shape index (κ1) is 26.9. The monoisotopic (exact) mass is 526 g/mol. The first-order valence-corrected chi connectivity index (χ1v) is 11.4. The van der Waals surface area contributed by atoms with E-state index in [0.29, 0.717) is 57.7 Å². The Morgan fingerprint density at radius 1 is 0.971 bits per heavy atom. The molecule has 4 rings (SSSR count). The smallest absolute Gasteiger partial charge is 0.549 e. The number of ether oxygens (including phenoxy) is 2. The molecule has 0 fully saturated rings. The maximum Gasteiger partial charge on any atom is 1.00 e. The van der Waals surface area contributed by atoms with Crippen molar-refractivity contribution in [2.45, 2.75) is 25.2 Å². The van der Waals surface area contributed by atoms with Crippen LogP contribution in [0.1, 0.15) is 40.2 Å². The molecule has 1 atom stereocenters. The summed E-state index contributed by atoms with van der Waals surface area (Å²) in [7, 11) is 0. The van der Waals surface area contributed by atoms with Gasteiger partial charge in [-0.2, -0.15) is 0 Å². The summed E-state index contributed by atoms with van der Waals surface area (Å²) in [6.45, 7) is 0.270. The summed E-state index contributed by atoms with van der Waals surface area (Å²) in [6.07, 6.45) is 1.20. The van der Waals surface area contributed by atoms with Gasteiger partial charge in [0.2, 0.25) is 0 Å². The van der Waals surface area contributed by atoms with E-state index in [2.05, 4.69) is 0 Å². The minimum atomic E-state index is -1.16. The molecule has 3 aromatic rings. The SMILES string of the molecule is O=C(CCc1ccc(Cl)c(Cl)c1)c1ccc(Oc2cc3c(cc2Cl)C(C(=O)[O-])CCO3)cc1.[Na+]. The van der Waals surface area contributed by atoms with Crippen LogP contribution in [0.15, 0.2) is 54.6 Å². The van der Waals surface area contributed by atoms with Crippen molar-refractivity contribution in [3.63, 3.8) is 0 Å². The molecule has 1 heterocycles. The van der Waals surface area contributed by atoms with Gasteiger partial charge in [-0.15, -0.1) is 0 Å². The Bertz CT molecular complexity index is 1210. The molecular formula is C25H18Cl3NaO5. The Hall–Kier alpha value is -1.73. The van der Waals surface area contributed by atoms with Crippen molar-refractivity contribution in [2.75, 3.05) is 6.61 Å². The Morgan fingerprint density at radius 3 is 2.38 bits per heavy atom. The molecule has 170 valence electrons. The molecule has 0 aromatic heterocycles. The number of carboxylic acids is 1. The van der Waals surface area contributed by atoms with E-state index in [1.165, 1.54) is 6.07 Å². The molecule has 0 N–H and O–H groups in total. The summed E-state index contributed by atoms with van der Waals surface area (Å²) in [5.74, 6) is -0.735. The van der Waals surface area contributed by atoms with Crippen LogP contribution in [0.5, 0.6) is 17.2 Å². The van der Waals surface area contributed by atoms with E-state index in [0.717, 1.165) is 5.56 Å². The first-order valence-electron chi connectivity index (χ1n) is 10.2. The maximum atomic E-state index is 12.5. The Labute approximate surface area is 234 Å². The number of fused-ring (bicyclic) bond motifs is 1. The predicted molar refractivity (Wildman–Crippen MR) is 125 cm³/mol. The van der Waals surface area contributed by atoms with E-state index in [-0.39, 0.29) is 47.0 Å². The third kappa shape index (κ3) is 6.28. The second-order valence-electron chi connectivity index (χ2n) is 7.63. The number of aliphatic carboxylic acids is 1. The number of benzene rings is 3. The third-order valence-electron chi connectivity index (χ3n) is 5.42. The van der Waals surface area contributed by atoms with Gasteiger partial charge in [0.15, 0.2) is 5.78 Å². The zero-order valence-corrected chi connectivity index (χ0v) is 22.5. The van der Waals surface area contributed by atoms with Crippen molar-refractivity contribution < 1.29 is 53.7 Å². The van der Waals surface area contributed by atoms with E-state index in [4.69, 9.17) is 44.3 Å². The molecule has 0 radical (unpaired) electrons. The molecule has 9 heteroatoms. The number of carbonyl (C=O) groups excluding carboxylic acids is 2. The van der Waals surface area contributed by atoms with Crippen molar-refractivity contribution in [2.24, 2.45) is 0 Å². The van der Waals surface area contributed by atoms with Crippen LogP contribution in [-0.2, 0) is 11.2 Å². The number of Topliss-reactive ketones (excluding diaryl/α,β-unsaturated/α-hetero) is 1. The van der Waals surface area contributed by atoms with E-state index >= 15 is 0 Å². The van der Waals surface area contributed by atoms with Gasteiger partial charge in [0.25, 0.3) is 0 Å². The second-order valence-corrected chi connectivity index (χ2v) is 8.85. The van der Waals surface area contributed by atoms with Gasteiger partial charge < -0.3 is 19.4 Å². The largest absolute Gasteiger partial charge is 1.00 e. The van der Waals surface area contributed by atoms with Crippen LogP contribution in [0.2, 0.25) is 15.1 Å².